The molecule has 1 aliphatic rings. The Morgan fingerprint density at radius 2 is 1.83 bits per heavy atom. The van der Waals surface area contributed by atoms with E-state index in [1.54, 1.807) is 0 Å². The summed E-state index contributed by atoms with van der Waals surface area (Å²) in [5, 5.41) is 8.90. The maximum absolute atomic E-state index is 8.90. The average Bonchev–Trinajstić information content (AvgIpc) is 2.41. The normalized spacial score (nSPS) is 19.4. The predicted molar refractivity (Wildman–Crippen MR) is 76.1 cm³/mol. The van der Waals surface area contributed by atoms with Gasteiger partial charge in [-0.25, -0.2) is 0 Å². The fourth-order valence-corrected chi connectivity index (χ4v) is 2.50. The quantitative estimate of drug-likeness (QED) is 0.859. The van der Waals surface area contributed by atoms with Crippen molar-refractivity contribution in [2.45, 2.75) is 19.5 Å². The Bertz CT molecular complexity index is 416. The van der Waals surface area contributed by atoms with Crippen LogP contribution >= 0.6 is 15.9 Å². The van der Waals surface area contributed by atoms with Crippen molar-refractivity contribution in [2.75, 3.05) is 26.2 Å². The molecule has 96 valence electrons. The highest BCUT2D eigenvalue weighted by molar-refractivity contribution is 9.10. The fraction of sp³-hybridized carbons (Fsp3) is 0.500. The molecule has 0 bridgehead atoms. The van der Waals surface area contributed by atoms with Gasteiger partial charge in [-0.15, -0.1) is 0 Å². The molecule has 0 saturated carbocycles. The topological polar surface area (TPSA) is 30.3 Å². The minimum atomic E-state index is 0.0415. The molecule has 4 heteroatoms. The molecule has 0 N–H and O–H groups in total. The van der Waals surface area contributed by atoms with Gasteiger partial charge in [0.2, 0.25) is 0 Å². The molecule has 2 rings (SSSR count). The molecule has 1 aromatic rings. The first-order valence-corrected chi connectivity index (χ1v) is 7.09. The summed E-state index contributed by atoms with van der Waals surface area (Å²) in [6.45, 7) is 7.05. The summed E-state index contributed by atoms with van der Waals surface area (Å²) >= 11 is 3.45. The maximum atomic E-state index is 8.90. The van der Waals surface area contributed by atoms with Crippen LogP contribution in [0.2, 0.25) is 0 Å². The molecule has 1 unspecified atom stereocenters. The van der Waals surface area contributed by atoms with Gasteiger partial charge in [0.1, 0.15) is 0 Å². The second kappa shape index (κ2) is 6.33. The van der Waals surface area contributed by atoms with Crippen molar-refractivity contribution < 1.29 is 0 Å². The van der Waals surface area contributed by atoms with E-state index in [4.69, 9.17) is 5.26 Å². The van der Waals surface area contributed by atoms with Crippen LogP contribution in [0.1, 0.15) is 12.5 Å². The van der Waals surface area contributed by atoms with Gasteiger partial charge in [0.25, 0.3) is 0 Å². The third kappa shape index (κ3) is 3.55. The first kappa shape index (κ1) is 13.5. The summed E-state index contributed by atoms with van der Waals surface area (Å²) in [4.78, 5) is 4.70. The molecule has 18 heavy (non-hydrogen) atoms. The van der Waals surface area contributed by atoms with E-state index in [9.17, 15) is 0 Å². The Morgan fingerprint density at radius 1 is 1.22 bits per heavy atom. The van der Waals surface area contributed by atoms with E-state index < -0.39 is 0 Å². The van der Waals surface area contributed by atoms with Crippen LogP contribution in [0.3, 0.4) is 0 Å². The number of hydrogen-bond donors (Lipinski definition) is 0. The molecule has 0 amide bonds. The van der Waals surface area contributed by atoms with Crippen molar-refractivity contribution in [3.63, 3.8) is 0 Å². The standard InChI is InChI=1S/C14H18BrN3/c1-12(10-16)18-8-6-17(7-9-18)11-13-2-4-14(15)5-3-13/h2-5,12H,6-9,11H2,1H3. The van der Waals surface area contributed by atoms with Gasteiger partial charge in [0.15, 0.2) is 0 Å². The zero-order valence-electron chi connectivity index (χ0n) is 10.6. The second-order valence-electron chi connectivity index (χ2n) is 4.74. The van der Waals surface area contributed by atoms with Crippen LogP contribution in [0.25, 0.3) is 0 Å². The summed E-state index contributed by atoms with van der Waals surface area (Å²) in [6.07, 6.45) is 0. The van der Waals surface area contributed by atoms with E-state index in [1.165, 1.54) is 5.56 Å². The van der Waals surface area contributed by atoms with Crippen LogP contribution in [0.5, 0.6) is 0 Å². The minimum absolute atomic E-state index is 0.0415. The van der Waals surface area contributed by atoms with Crippen LogP contribution in [0.15, 0.2) is 28.7 Å². The Hall–Kier alpha value is -0.890. The summed E-state index contributed by atoms with van der Waals surface area (Å²) < 4.78 is 1.12. The van der Waals surface area contributed by atoms with E-state index >= 15 is 0 Å². The lowest BCUT2D eigenvalue weighted by atomic mass is 10.2. The molecule has 0 aliphatic carbocycles. The molecule has 1 atom stereocenters. The Kier molecular flexibility index (Phi) is 4.76. The van der Waals surface area contributed by atoms with Gasteiger partial charge in [-0.3, -0.25) is 9.80 Å². The number of nitrogens with zero attached hydrogens (tertiary/aromatic N) is 3. The van der Waals surface area contributed by atoms with E-state index in [0.29, 0.717) is 0 Å². The number of hydrogen-bond acceptors (Lipinski definition) is 3. The molecule has 0 radical (unpaired) electrons. The number of halogens is 1. The SMILES string of the molecule is CC(C#N)N1CCN(Cc2ccc(Br)cc2)CC1. The van der Waals surface area contributed by atoms with Gasteiger partial charge in [-0.1, -0.05) is 28.1 Å². The number of benzene rings is 1. The lowest BCUT2D eigenvalue weighted by Gasteiger charge is -2.35. The first-order valence-electron chi connectivity index (χ1n) is 6.29. The summed E-state index contributed by atoms with van der Waals surface area (Å²) in [6, 6.07) is 10.8. The van der Waals surface area contributed by atoms with Gasteiger partial charge in [0.05, 0.1) is 12.1 Å². The highest BCUT2D eigenvalue weighted by Gasteiger charge is 2.20. The fourth-order valence-electron chi connectivity index (χ4n) is 2.24. The van der Waals surface area contributed by atoms with E-state index in [2.05, 4.69) is 56.1 Å². The molecule has 0 spiro atoms. The van der Waals surface area contributed by atoms with Gasteiger partial charge >= 0.3 is 0 Å². The van der Waals surface area contributed by atoms with Crippen molar-refractivity contribution in [2.24, 2.45) is 0 Å². The van der Waals surface area contributed by atoms with Crippen molar-refractivity contribution in [1.29, 1.82) is 5.26 Å². The predicted octanol–water partition coefficient (Wildman–Crippen LogP) is 2.48. The average molecular weight is 308 g/mol. The van der Waals surface area contributed by atoms with Crippen LogP contribution in [0.4, 0.5) is 0 Å². The molecule has 3 nitrogen and oxygen atoms in total. The number of rotatable bonds is 3. The van der Waals surface area contributed by atoms with Crippen molar-refractivity contribution in [1.82, 2.24) is 9.80 Å². The Balaban J connectivity index is 1.84. The molecular formula is C14H18BrN3. The van der Waals surface area contributed by atoms with Gasteiger partial charge in [-0.05, 0) is 24.6 Å². The summed E-state index contributed by atoms with van der Waals surface area (Å²) in [5.74, 6) is 0. The summed E-state index contributed by atoms with van der Waals surface area (Å²) in [5.41, 5.74) is 1.35. The van der Waals surface area contributed by atoms with E-state index in [-0.39, 0.29) is 6.04 Å². The van der Waals surface area contributed by atoms with Crippen molar-refractivity contribution >= 4 is 15.9 Å². The maximum Gasteiger partial charge on any atom is 0.0950 e. The second-order valence-corrected chi connectivity index (χ2v) is 5.66. The molecule has 1 fully saturated rings. The van der Waals surface area contributed by atoms with E-state index in [0.717, 1.165) is 37.2 Å². The summed E-state index contributed by atoms with van der Waals surface area (Å²) in [7, 11) is 0. The monoisotopic (exact) mass is 307 g/mol. The third-order valence-electron chi connectivity index (χ3n) is 3.46. The Labute approximate surface area is 117 Å². The molecule has 1 aliphatic heterocycles. The van der Waals surface area contributed by atoms with E-state index in [1.807, 2.05) is 6.92 Å². The Morgan fingerprint density at radius 3 is 2.39 bits per heavy atom. The third-order valence-corrected chi connectivity index (χ3v) is 3.99. The number of nitriles is 1. The van der Waals surface area contributed by atoms with Crippen molar-refractivity contribution in [3.8, 4) is 6.07 Å². The lowest BCUT2D eigenvalue weighted by molar-refractivity contribution is 0.114. The van der Waals surface area contributed by atoms with Crippen molar-refractivity contribution in [3.05, 3.63) is 34.3 Å². The highest BCUT2D eigenvalue weighted by atomic mass is 79.9. The molecule has 1 saturated heterocycles. The first-order chi connectivity index (χ1) is 8.69. The number of piperazine rings is 1. The highest BCUT2D eigenvalue weighted by Crippen LogP contribution is 2.14. The van der Waals surface area contributed by atoms with Gasteiger partial charge in [-0.2, -0.15) is 5.26 Å². The molecule has 1 aromatic carbocycles. The smallest absolute Gasteiger partial charge is 0.0950 e. The van der Waals surface area contributed by atoms with Crippen LogP contribution in [0, 0.1) is 11.3 Å². The van der Waals surface area contributed by atoms with Crippen LogP contribution < -0.4 is 0 Å². The zero-order valence-corrected chi connectivity index (χ0v) is 12.2. The lowest BCUT2D eigenvalue weighted by Crippen LogP contribution is -2.48. The van der Waals surface area contributed by atoms with Crippen LogP contribution in [-0.4, -0.2) is 42.0 Å². The van der Waals surface area contributed by atoms with Gasteiger partial charge in [0, 0.05) is 37.2 Å². The molecule has 0 aromatic heterocycles. The molecule has 1 heterocycles. The largest absolute Gasteiger partial charge is 0.297 e. The van der Waals surface area contributed by atoms with Crippen LogP contribution in [-0.2, 0) is 6.54 Å². The minimum Gasteiger partial charge on any atom is -0.297 e. The molecular weight excluding hydrogens is 290 g/mol. The van der Waals surface area contributed by atoms with Gasteiger partial charge < -0.3 is 0 Å². The zero-order chi connectivity index (χ0) is 13.0.